The molecule has 1 heterocycles. The maximum Gasteiger partial charge on any atom is 0.148 e. The van der Waals surface area contributed by atoms with Gasteiger partial charge in [0, 0.05) is 11.4 Å². The Labute approximate surface area is 97.5 Å². The van der Waals surface area contributed by atoms with Crippen LogP contribution in [-0.2, 0) is 18.4 Å². The second kappa shape index (κ2) is 4.50. The Morgan fingerprint density at radius 1 is 1.12 bits per heavy atom. The van der Waals surface area contributed by atoms with Crippen molar-refractivity contribution in [1.29, 1.82) is 0 Å². The smallest absolute Gasteiger partial charge is 0.148 e. The Hall–Kier alpha value is -0.960. The molecule has 3 heteroatoms. The molecule has 1 aromatic heterocycles. The average molecular weight is 219 g/mol. The number of hydrogen-bond acceptors (Lipinski definition) is 3. The first kappa shape index (κ1) is 11.5. The quantitative estimate of drug-likeness (QED) is 0.849. The van der Waals surface area contributed by atoms with Crippen LogP contribution < -0.4 is 5.73 Å². The van der Waals surface area contributed by atoms with Gasteiger partial charge in [-0.3, -0.25) is 0 Å². The maximum atomic E-state index is 6.40. The van der Waals surface area contributed by atoms with Gasteiger partial charge in [0.05, 0.1) is 5.54 Å². The molecule has 1 saturated carbocycles. The standard InChI is InChI=1S/C13H21N3/c1-3-10-9-11(4-2)16-12(15-10)13(14)7-5-6-8-13/h9H,3-8,14H2,1-2H3. The third-order valence-electron chi connectivity index (χ3n) is 3.50. The highest BCUT2D eigenvalue weighted by Gasteiger charge is 2.34. The minimum Gasteiger partial charge on any atom is -0.319 e. The van der Waals surface area contributed by atoms with Crippen LogP contribution in [0.2, 0.25) is 0 Å². The van der Waals surface area contributed by atoms with Gasteiger partial charge >= 0.3 is 0 Å². The molecule has 0 radical (unpaired) electrons. The molecule has 3 nitrogen and oxygen atoms in total. The zero-order valence-electron chi connectivity index (χ0n) is 10.3. The topological polar surface area (TPSA) is 51.8 Å². The van der Waals surface area contributed by atoms with Crippen LogP contribution in [0.4, 0.5) is 0 Å². The van der Waals surface area contributed by atoms with Crippen molar-refractivity contribution >= 4 is 0 Å². The molecule has 88 valence electrons. The molecular weight excluding hydrogens is 198 g/mol. The summed E-state index contributed by atoms with van der Waals surface area (Å²) < 4.78 is 0. The summed E-state index contributed by atoms with van der Waals surface area (Å²) in [6.07, 6.45) is 6.39. The fourth-order valence-corrected chi connectivity index (χ4v) is 2.37. The van der Waals surface area contributed by atoms with Gasteiger partial charge in [-0.25, -0.2) is 9.97 Å². The molecule has 0 spiro atoms. The summed E-state index contributed by atoms with van der Waals surface area (Å²) in [4.78, 5) is 9.24. The normalized spacial score (nSPS) is 18.9. The molecule has 0 atom stereocenters. The largest absolute Gasteiger partial charge is 0.319 e. The van der Waals surface area contributed by atoms with Gasteiger partial charge in [0.25, 0.3) is 0 Å². The van der Waals surface area contributed by atoms with Crippen molar-refractivity contribution < 1.29 is 0 Å². The van der Waals surface area contributed by atoms with Crippen molar-refractivity contribution in [3.8, 4) is 0 Å². The van der Waals surface area contributed by atoms with E-state index in [2.05, 4.69) is 29.9 Å². The lowest BCUT2D eigenvalue weighted by molar-refractivity contribution is 0.427. The van der Waals surface area contributed by atoms with Crippen LogP contribution in [0.3, 0.4) is 0 Å². The van der Waals surface area contributed by atoms with Gasteiger partial charge in [-0.05, 0) is 31.7 Å². The lowest BCUT2D eigenvalue weighted by atomic mass is 9.97. The summed E-state index contributed by atoms with van der Waals surface area (Å²) in [5.41, 5.74) is 8.40. The molecule has 0 saturated heterocycles. The summed E-state index contributed by atoms with van der Waals surface area (Å²) >= 11 is 0. The Morgan fingerprint density at radius 3 is 2.06 bits per heavy atom. The number of hydrogen-bond donors (Lipinski definition) is 1. The highest BCUT2D eigenvalue weighted by molar-refractivity contribution is 5.17. The predicted molar refractivity (Wildman–Crippen MR) is 65.1 cm³/mol. The number of nitrogens with two attached hydrogens (primary N) is 1. The fraction of sp³-hybridized carbons (Fsp3) is 0.692. The summed E-state index contributed by atoms with van der Waals surface area (Å²) in [5.74, 6) is 0.876. The van der Waals surface area contributed by atoms with E-state index in [1.54, 1.807) is 0 Å². The fourth-order valence-electron chi connectivity index (χ4n) is 2.37. The van der Waals surface area contributed by atoms with Gasteiger partial charge in [-0.2, -0.15) is 0 Å². The van der Waals surface area contributed by atoms with Gasteiger partial charge in [0.2, 0.25) is 0 Å². The first-order valence-corrected chi connectivity index (χ1v) is 6.34. The van der Waals surface area contributed by atoms with Gasteiger partial charge in [-0.1, -0.05) is 26.7 Å². The van der Waals surface area contributed by atoms with Crippen LogP contribution >= 0.6 is 0 Å². The minimum absolute atomic E-state index is 0.255. The first-order valence-electron chi connectivity index (χ1n) is 6.34. The van der Waals surface area contributed by atoms with Crippen LogP contribution in [0.25, 0.3) is 0 Å². The molecule has 0 bridgehead atoms. The zero-order chi connectivity index (χ0) is 11.6. The SMILES string of the molecule is CCc1cc(CC)nc(C2(N)CCCC2)n1. The van der Waals surface area contributed by atoms with E-state index in [9.17, 15) is 0 Å². The molecule has 0 unspecified atom stereocenters. The van der Waals surface area contributed by atoms with Crippen LogP contribution in [0.5, 0.6) is 0 Å². The molecule has 16 heavy (non-hydrogen) atoms. The minimum atomic E-state index is -0.255. The Morgan fingerprint density at radius 2 is 1.62 bits per heavy atom. The van der Waals surface area contributed by atoms with E-state index in [1.165, 1.54) is 12.8 Å². The first-order chi connectivity index (χ1) is 7.68. The summed E-state index contributed by atoms with van der Waals surface area (Å²) in [6, 6.07) is 2.10. The second-order valence-corrected chi connectivity index (χ2v) is 4.74. The van der Waals surface area contributed by atoms with E-state index < -0.39 is 0 Å². The third kappa shape index (κ3) is 2.09. The Bertz CT molecular complexity index is 345. The summed E-state index contributed by atoms with van der Waals surface area (Å²) in [7, 11) is 0. The molecule has 0 amide bonds. The number of aromatic nitrogens is 2. The lowest BCUT2D eigenvalue weighted by Gasteiger charge is -2.22. The monoisotopic (exact) mass is 219 g/mol. The third-order valence-corrected chi connectivity index (χ3v) is 3.50. The van der Waals surface area contributed by atoms with Crippen LogP contribution in [-0.4, -0.2) is 9.97 Å². The van der Waals surface area contributed by atoms with Gasteiger partial charge in [-0.15, -0.1) is 0 Å². The van der Waals surface area contributed by atoms with Gasteiger partial charge < -0.3 is 5.73 Å². The molecule has 0 aromatic carbocycles. The zero-order valence-corrected chi connectivity index (χ0v) is 10.3. The average Bonchev–Trinajstić information content (AvgIpc) is 2.77. The van der Waals surface area contributed by atoms with Gasteiger partial charge in [0.1, 0.15) is 5.82 Å². The van der Waals surface area contributed by atoms with Crippen LogP contribution in [0.15, 0.2) is 6.07 Å². The van der Waals surface area contributed by atoms with Crippen LogP contribution in [0.1, 0.15) is 56.7 Å². The van der Waals surface area contributed by atoms with E-state index >= 15 is 0 Å². The van der Waals surface area contributed by atoms with Crippen molar-refractivity contribution in [2.75, 3.05) is 0 Å². The molecule has 1 fully saturated rings. The number of aryl methyl sites for hydroxylation is 2. The lowest BCUT2D eigenvalue weighted by Crippen LogP contribution is -2.36. The Balaban J connectivity index is 2.39. The molecule has 1 aliphatic rings. The van der Waals surface area contributed by atoms with E-state index in [1.807, 2.05) is 0 Å². The predicted octanol–water partition coefficient (Wildman–Crippen LogP) is 2.33. The highest BCUT2D eigenvalue weighted by Crippen LogP contribution is 2.34. The summed E-state index contributed by atoms with van der Waals surface area (Å²) in [6.45, 7) is 4.26. The van der Waals surface area contributed by atoms with Crippen molar-refractivity contribution in [2.24, 2.45) is 5.73 Å². The Kier molecular flexibility index (Phi) is 3.24. The number of rotatable bonds is 3. The van der Waals surface area contributed by atoms with Crippen molar-refractivity contribution in [3.05, 3.63) is 23.3 Å². The molecular formula is C13H21N3. The molecule has 0 aliphatic heterocycles. The number of nitrogens with zero attached hydrogens (tertiary/aromatic N) is 2. The van der Waals surface area contributed by atoms with E-state index in [-0.39, 0.29) is 5.54 Å². The van der Waals surface area contributed by atoms with Crippen molar-refractivity contribution in [2.45, 2.75) is 57.9 Å². The highest BCUT2D eigenvalue weighted by atomic mass is 15.0. The second-order valence-electron chi connectivity index (χ2n) is 4.74. The van der Waals surface area contributed by atoms with Crippen LogP contribution in [0, 0.1) is 0 Å². The van der Waals surface area contributed by atoms with E-state index in [0.717, 1.165) is 42.9 Å². The molecule has 2 rings (SSSR count). The van der Waals surface area contributed by atoms with E-state index in [4.69, 9.17) is 5.73 Å². The van der Waals surface area contributed by atoms with Gasteiger partial charge in [0.15, 0.2) is 0 Å². The molecule has 1 aromatic rings. The van der Waals surface area contributed by atoms with E-state index in [0.29, 0.717) is 0 Å². The van der Waals surface area contributed by atoms with Crippen molar-refractivity contribution in [1.82, 2.24) is 9.97 Å². The summed E-state index contributed by atoms with van der Waals surface area (Å²) in [5, 5.41) is 0. The molecule has 2 N–H and O–H groups in total. The maximum absolute atomic E-state index is 6.40. The van der Waals surface area contributed by atoms with Crippen molar-refractivity contribution in [3.63, 3.8) is 0 Å². The molecule has 1 aliphatic carbocycles.